The van der Waals surface area contributed by atoms with Crippen molar-refractivity contribution in [1.29, 1.82) is 0 Å². The number of nitrogens with two attached hydrogens (primary N) is 1. The fourth-order valence-corrected chi connectivity index (χ4v) is 9.28. The number of ether oxygens (including phenoxy) is 3. The van der Waals surface area contributed by atoms with Crippen LogP contribution in [0.3, 0.4) is 0 Å². The van der Waals surface area contributed by atoms with Crippen molar-refractivity contribution < 1.29 is 57.3 Å². The van der Waals surface area contributed by atoms with Crippen molar-refractivity contribution >= 4 is 52.3 Å². The Morgan fingerprint density at radius 2 is 1.70 bits per heavy atom. The maximum Gasteiger partial charge on any atom is 0.343 e. The molecule has 3 aliphatic heterocycles. The van der Waals surface area contributed by atoms with Crippen molar-refractivity contribution in [3.05, 3.63) is 73.8 Å². The van der Waals surface area contributed by atoms with Gasteiger partial charge in [0.25, 0.3) is 17.4 Å². The van der Waals surface area contributed by atoms with Gasteiger partial charge in [-0.1, -0.05) is 6.92 Å². The van der Waals surface area contributed by atoms with Crippen molar-refractivity contribution in [2.75, 3.05) is 46.1 Å². The molecule has 0 spiro atoms. The summed E-state index contributed by atoms with van der Waals surface area (Å²) < 4.78 is 32.9. The van der Waals surface area contributed by atoms with Crippen molar-refractivity contribution in [3.8, 4) is 11.4 Å². The first-order chi connectivity index (χ1) is 33.1. The number of fused-ring (bicyclic) bond motifs is 5. The number of unbranched alkanes of at least 4 members (excludes halogenated alkanes) is 1. The summed E-state index contributed by atoms with van der Waals surface area (Å²) in [6, 6.07) is 0.500. The minimum atomic E-state index is -2.03. The molecule has 370 valence electrons. The number of hydrogen-bond donors (Lipinski definition) is 6. The fraction of sp³-hybridized carbons (Fsp3) is 0.521. The summed E-state index contributed by atoms with van der Waals surface area (Å²) in [6.45, 7) is 5.77. The topological polar surface area (TPSA) is 280 Å². The van der Waals surface area contributed by atoms with Gasteiger partial charge in [-0.15, -0.1) is 0 Å². The molecule has 7 rings (SSSR count). The van der Waals surface area contributed by atoms with E-state index in [9.17, 15) is 43.5 Å². The first-order valence-electron chi connectivity index (χ1n) is 23.4. The number of benzene rings is 1. The number of cyclic esters (lactones) is 1. The Balaban J connectivity index is 0.915. The largest absolute Gasteiger partial charge is 0.458 e. The molecule has 0 radical (unpaired) electrons. The molecule has 69 heavy (non-hydrogen) atoms. The summed E-state index contributed by atoms with van der Waals surface area (Å²) in [5, 5.41) is 23.3. The van der Waals surface area contributed by atoms with Crippen LogP contribution in [0.4, 0.5) is 4.39 Å². The molecule has 7 N–H and O–H groups in total. The summed E-state index contributed by atoms with van der Waals surface area (Å²) in [6.07, 6.45) is 4.95. The van der Waals surface area contributed by atoms with Crippen LogP contribution in [-0.2, 0) is 72.9 Å². The maximum absolute atomic E-state index is 15.4. The number of pyridine rings is 2. The van der Waals surface area contributed by atoms with E-state index in [0.717, 1.165) is 16.0 Å². The van der Waals surface area contributed by atoms with E-state index in [1.54, 1.807) is 19.9 Å². The molecule has 21 heteroatoms. The van der Waals surface area contributed by atoms with Gasteiger partial charge in [0.2, 0.25) is 23.6 Å². The number of aryl methyl sites for hydroxylation is 1. The third-order valence-electron chi connectivity index (χ3n) is 13.1. The number of esters is 1. The second-order valence-corrected chi connectivity index (χ2v) is 17.6. The average Bonchev–Trinajstić information content (AvgIpc) is 3.86. The number of halogens is 1. The predicted molar refractivity (Wildman–Crippen MR) is 245 cm³/mol. The summed E-state index contributed by atoms with van der Waals surface area (Å²) in [7, 11) is 0. The number of aromatic nitrogens is 2. The molecular weight excluding hydrogens is 900 g/mol. The van der Waals surface area contributed by atoms with Crippen LogP contribution in [0.5, 0.6) is 0 Å². The Labute approximate surface area is 396 Å². The standard InChI is InChI=1S/C48H59FN8O12/c1-4-48(66)31-22-36-43-29(24-57(36)46(64)30(31)25-69-47(48)65)42-33(11-10-28-26(2)32(49)23-35(54-43)41(28)42)53-37(58)9-7-16-51-45(63)34(8-5-6-15-50)55-44(62)27(3)52-38(59)14-18-67-20-21-68-19-17-56-39(60)12-13-40(56)61/h12-13,22-23,27,33-34,66H,4-11,14-21,24-25,50H2,1-3H3,(H,51,63)(H,52,59)(H,53,58)(H,55,62)/t27-,33-,34-,48-/m0/s1. The van der Waals surface area contributed by atoms with Crippen LogP contribution in [0.1, 0.15) is 105 Å². The molecule has 1 aromatic carbocycles. The first-order valence-corrected chi connectivity index (χ1v) is 23.4. The Kier molecular flexibility index (Phi) is 16.0. The fourth-order valence-electron chi connectivity index (χ4n) is 9.28. The number of aliphatic hydroxyl groups is 1. The smallest absolute Gasteiger partial charge is 0.343 e. The Bertz CT molecular complexity index is 2630. The average molecular weight is 959 g/mol. The van der Waals surface area contributed by atoms with Gasteiger partial charge in [0.1, 0.15) is 24.5 Å². The molecule has 4 aliphatic rings. The number of rotatable bonds is 23. The molecular formula is C48H59FN8O12. The molecule has 5 heterocycles. The molecule has 2 aromatic heterocycles. The molecule has 0 fully saturated rings. The van der Waals surface area contributed by atoms with Gasteiger partial charge in [-0.3, -0.25) is 38.5 Å². The van der Waals surface area contributed by atoms with Gasteiger partial charge in [-0.05, 0) is 88.1 Å². The molecule has 1 aliphatic carbocycles. The Morgan fingerprint density at radius 3 is 2.42 bits per heavy atom. The molecule has 0 unspecified atom stereocenters. The van der Waals surface area contributed by atoms with Crippen LogP contribution < -0.4 is 32.6 Å². The summed E-state index contributed by atoms with van der Waals surface area (Å²) in [5.41, 5.74) is 7.28. The molecule has 0 saturated carbocycles. The number of amides is 6. The van der Waals surface area contributed by atoms with Crippen LogP contribution in [0.25, 0.3) is 22.3 Å². The van der Waals surface area contributed by atoms with Crippen LogP contribution in [0.15, 0.2) is 29.1 Å². The van der Waals surface area contributed by atoms with Gasteiger partial charge in [-0.2, -0.15) is 0 Å². The van der Waals surface area contributed by atoms with E-state index < -0.39 is 70.6 Å². The zero-order valence-corrected chi connectivity index (χ0v) is 39.0. The Hall–Kier alpha value is -6.42. The van der Waals surface area contributed by atoms with E-state index in [4.69, 9.17) is 24.9 Å². The highest BCUT2D eigenvalue weighted by Gasteiger charge is 2.46. The molecule has 0 saturated heterocycles. The second kappa shape index (κ2) is 21.9. The lowest BCUT2D eigenvalue weighted by Crippen LogP contribution is -2.53. The van der Waals surface area contributed by atoms with E-state index in [0.29, 0.717) is 65.6 Å². The quantitative estimate of drug-likeness (QED) is 0.0344. The number of nitrogens with one attached hydrogen (secondary N) is 4. The first kappa shape index (κ1) is 50.5. The predicted octanol–water partition coefficient (Wildman–Crippen LogP) is 0.994. The number of carbonyl (C=O) groups is 7. The molecule has 20 nitrogen and oxygen atoms in total. The van der Waals surface area contributed by atoms with Crippen molar-refractivity contribution in [2.24, 2.45) is 5.73 Å². The van der Waals surface area contributed by atoms with E-state index in [-0.39, 0.29) is 102 Å². The van der Waals surface area contributed by atoms with Crippen molar-refractivity contribution in [2.45, 2.75) is 115 Å². The molecule has 4 atom stereocenters. The van der Waals surface area contributed by atoms with Crippen molar-refractivity contribution in [3.63, 3.8) is 0 Å². The molecule has 6 amide bonds. The van der Waals surface area contributed by atoms with E-state index in [1.165, 1.54) is 29.7 Å². The minimum absolute atomic E-state index is 0.0288. The van der Waals surface area contributed by atoms with E-state index in [2.05, 4.69) is 21.3 Å². The number of imide groups is 1. The van der Waals surface area contributed by atoms with Gasteiger partial charge < -0.3 is 50.9 Å². The van der Waals surface area contributed by atoms with E-state index in [1.807, 2.05) is 0 Å². The van der Waals surface area contributed by atoms with Crippen LogP contribution in [0, 0.1) is 12.7 Å². The lowest BCUT2D eigenvalue weighted by molar-refractivity contribution is -0.172. The van der Waals surface area contributed by atoms with Gasteiger partial charge in [0, 0.05) is 54.1 Å². The highest BCUT2D eigenvalue weighted by atomic mass is 19.1. The number of carbonyl (C=O) groups excluding carboxylic acids is 7. The van der Waals surface area contributed by atoms with Gasteiger partial charge in [-0.25, -0.2) is 14.2 Å². The highest BCUT2D eigenvalue weighted by molar-refractivity contribution is 6.12. The summed E-state index contributed by atoms with van der Waals surface area (Å²) in [5.74, 6) is -3.85. The van der Waals surface area contributed by atoms with Crippen LogP contribution in [-0.4, -0.2) is 119 Å². The monoisotopic (exact) mass is 958 g/mol. The maximum atomic E-state index is 15.4. The second-order valence-electron chi connectivity index (χ2n) is 17.6. The number of nitrogens with zero attached hydrogens (tertiary/aromatic N) is 3. The molecule has 0 bridgehead atoms. The lowest BCUT2D eigenvalue weighted by Gasteiger charge is -2.31. The lowest BCUT2D eigenvalue weighted by atomic mass is 9.81. The van der Waals surface area contributed by atoms with Gasteiger partial charge in [0.05, 0.1) is 68.0 Å². The van der Waals surface area contributed by atoms with Crippen molar-refractivity contribution in [1.82, 2.24) is 35.7 Å². The van der Waals surface area contributed by atoms with Crippen LogP contribution >= 0.6 is 0 Å². The van der Waals surface area contributed by atoms with Gasteiger partial charge >= 0.3 is 5.97 Å². The zero-order valence-electron chi connectivity index (χ0n) is 39.0. The van der Waals surface area contributed by atoms with E-state index >= 15 is 4.39 Å². The third kappa shape index (κ3) is 10.8. The summed E-state index contributed by atoms with van der Waals surface area (Å²) >= 11 is 0. The molecule has 3 aromatic rings. The minimum Gasteiger partial charge on any atom is -0.458 e. The van der Waals surface area contributed by atoms with Gasteiger partial charge in [0.15, 0.2) is 5.60 Å². The zero-order chi connectivity index (χ0) is 49.6. The highest BCUT2D eigenvalue weighted by Crippen LogP contribution is 2.46. The van der Waals surface area contributed by atoms with Crippen LogP contribution in [0.2, 0.25) is 0 Å². The third-order valence-corrected chi connectivity index (χ3v) is 13.1. The summed E-state index contributed by atoms with van der Waals surface area (Å²) in [4.78, 5) is 109. The normalized spacial score (nSPS) is 18.6. The Morgan fingerprint density at radius 1 is 0.957 bits per heavy atom. The number of hydrogen-bond acceptors (Lipinski definition) is 14. The SMILES string of the molecule is CC[C@@]1(O)C(=O)OCc2c1cc1n(c2=O)Cc2c-1nc1cc(F)c(C)c3c1c2[C@@H](NC(=O)CCCNC(=O)[C@H](CCCCN)NC(=O)[C@H](C)NC(=O)CCOCCOCCN1C(=O)C=CC1=O)CC3.